The summed E-state index contributed by atoms with van der Waals surface area (Å²) in [5, 5.41) is 6.92. The second-order valence-electron chi connectivity index (χ2n) is 6.19. The molecule has 3 aromatic rings. The van der Waals surface area contributed by atoms with Crippen molar-refractivity contribution in [3.63, 3.8) is 0 Å². The molecule has 0 aliphatic carbocycles. The fourth-order valence-electron chi connectivity index (χ4n) is 2.65. The summed E-state index contributed by atoms with van der Waals surface area (Å²) in [6.07, 6.45) is 0.658. The Morgan fingerprint density at radius 3 is 2.39 bits per heavy atom. The van der Waals surface area contributed by atoms with Crippen molar-refractivity contribution in [2.24, 2.45) is 0 Å². The van der Waals surface area contributed by atoms with Gasteiger partial charge in [-0.15, -0.1) is 0 Å². The Bertz CT molecular complexity index is 999. The van der Waals surface area contributed by atoms with Crippen LogP contribution in [0.15, 0.2) is 65.5 Å². The van der Waals surface area contributed by atoms with Crippen LogP contribution in [-0.2, 0) is 13.0 Å². The molecule has 0 aliphatic rings. The van der Waals surface area contributed by atoms with Crippen molar-refractivity contribution in [3.8, 4) is 5.75 Å². The summed E-state index contributed by atoms with van der Waals surface area (Å²) in [5.74, 6) is 0.0656. The maximum atomic E-state index is 13.0. The second kappa shape index (κ2) is 8.94. The molecule has 1 heterocycles. The Morgan fingerprint density at radius 1 is 1.04 bits per heavy atom. The molecule has 2 aromatic carbocycles. The smallest absolute Gasteiger partial charge is 0.271 e. The summed E-state index contributed by atoms with van der Waals surface area (Å²) in [6, 6.07) is 16.1. The van der Waals surface area contributed by atoms with Crippen molar-refractivity contribution in [1.82, 2.24) is 15.1 Å². The van der Waals surface area contributed by atoms with Crippen LogP contribution in [0.2, 0.25) is 0 Å². The number of carbonyl (C=O) groups is 1. The number of hydrogen-bond donors (Lipinski definition) is 1. The van der Waals surface area contributed by atoms with Gasteiger partial charge < -0.3 is 10.1 Å². The molecule has 0 spiro atoms. The van der Waals surface area contributed by atoms with Crippen LogP contribution in [-0.4, -0.2) is 29.3 Å². The van der Waals surface area contributed by atoms with Gasteiger partial charge in [0.2, 0.25) is 0 Å². The van der Waals surface area contributed by atoms with E-state index < -0.39 is 0 Å². The maximum absolute atomic E-state index is 13.0. The monoisotopic (exact) mass is 381 g/mol. The van der Waals surface area contributed by atoms with Gasteiger partial charge in [0.05, 0.1) is 13.7 Å². The Morgan fingerprint density at radius 2 is 1.71 bits per heavy atom. The van der Waals surface area contributed by atoms with Gasteiger partial charge in [0.15, 0.2) is 0 Å². The van der Waals surface area contributed by atoms with Crippen LogP contribution in [0, 0.1) is 5.82 Å². The normalized spacial score (nSPS) is 10.5. The number of hydrogen-bond acceptors (Lipinski definition) is 4. The van der Waals surface area contributed by atoms with Crippen molar-refractivity contribution < 1.29 is 13.9 Å². The predicted octanol–water partition coefficient (Wildman–Crippen LogP) is 2.41. The fraction of sp³-hybridized carbons (Fsp3) is 0.190. The lowest BCUT2D eigenvalue weighted by atomic mass is 10.1. The van der Waals surface area contributed by atoms with E-state index >= 15 is 0 Å². The fourth-order valence-corrected chi connectivity index (χ4v) is 2.65. The van der Waals surface area contributed by atoms with Crippen LogP contribution < -0.4 is 15.6 Å². The maximum Gasteiger partial charge on any atom is 0.271 e. The standard InChI is InChI=1S/C21H20FN3O3/c1-28-18-8-4-15(5-9-18)12-13-23-21(27)19-10-11-20(26)25(24-19)14-16-2-6-17(22)7-3-16/h2-11H,12-14H2,1H3,(H,23,27). The minimum absolute atomic E-state index is 0.149. The Labute approximate surface area is 161 Å². The van der Waals surface area contributed by atoms with E-state index in [2.05, 4.69) is 10.4 Å². The number of aromatic nitrogens is 2. The van der Waals surface area contributed by atoms with Crippen molar-refractivity contribution in [3.05, 3.63) is 93.7 Å². The highest BCUT2D eigenvalue weighted by atomic mass is 19.1. The summed E-state index contributed by atoms with van der Waals surface area (Å²) >= 11 is 0. The number of benzene rings is 2. The summed E-state index contributed by atoms with van der Waals surface area (Å²) in [7, 11) is 1.61. The van der Waals surface area contributed by atoms with Crippen LogP contribution in [0.25, 0.3) is 0 Å². The van der Waals surface area contributed by atoms with Crippen LogP contribution in [0.4, 0.5) is 4.39 Å². The minimum atomic E-state index is -0.360. The van der Waals surface area contributed by atoms with Gasteiger partial charge in [0, 0.05) is 12.6 Å². The van der Waals surface area contributed by atoms with Crippen LogP contribution >= 0.6 is 0 Å². The highest BCUT2D eigenvalue weighted by Gasteiger charge is 2.10. The zero-order chi connectivity index (χ0) is 19.9. The molecule has 0 aliphatic heterocycles. The molecule has 0 atom stereocenters. The molecule has 28 heavy (non-hydrogen) atoms. The predicted molar refractivity (Wildman–Crippen MR) is 103 cm³/mol. The average Bonchev–Trinajstić information content (AvgIpc) is 2.71. The van der Waals surface area contributed by atoms with E-state index in [0.29, 0.717) is 18.5 Å². The largest absolute Gasteiger partial charge is 0.497 e. The Hall–Kier alpha value is -3.48. The minimum Gasteiger partial charge on any atom is -0.497 e. The molecule has 0 saturated carbocycles. The molecular weight excluding hydrogens is 361 g/mol. The van der Waals surface area contributed by atoms with Crippen molar-refractivity contribution >= 4 is 5.91 Å². The number of rotatable bonds is 7. The zero-order valence-electron chi connectivity index (χ0n) is 15.4. The first-order chi connectivity index (χ1) is 13.5. The van der Waals surface area contributed by atoms with Gasteiger partial charge in [-0.2, -0.15) is 5.10 Å². The second-order valence-corrected chi connectivity index (χ2v) is 6.19. The van der Waals surface area contributed by atoms with E-state index in [1.54, 1.807) is 19.2 Å². The number of methoxy groups -OCH3 is 1. The van der Waals surface area contributed by atoms with E-state index in [1.165, 1.54) is 28.9 Å². The van der Waals surface area contributed by atoms with Gasteiger partial charge >= 0.3 is 0 Å². The summed E-state index contributed by atoms with van der Waals surface area (Å²) in [5.41, 5.74) is 1.60. The molecule has 0 unspecified atom stereocenters. The highest BCUT2D eigenvalue weighted by Crippen LogP contribution is 2.11. The first kappa shape index (κ1) is 19.3. The zero-order valence-corrected chi connectivity index (χ0v) is 15.4. The highest BCUT2D eigenvalue weighted by molar-refractivity contribution is 5.91. The lowest BCUT2D eigenvalue weighted by molar-refractivity contribution is 0.0946. The van der Waals surface area contributed by atoms with Crippen LogP contribution in [0.3, 0.4) is 0 Å². The third kappa shape index (κ3) is 5.03. The molecule has 0 radical (unpaired) electrons. The van der Waals surface area contributed by atoms with Gasteiger partial charge in [-0.25, -0.2) is 9.07 Å². The van der Waals surface area contributed by atoms with E-state index in [9.17, 15) is 14.0 Å². The van der Waals surface area contributed by atoms with Gasteiger partial charge in [0.1, 0.15) is 17.3 Å². The molecule has 1 aromatic heterocycles. The van der Waals surface area contributed by atoms with Gasteiger partial charge in [-0.1, -0.05) is 24.3 Å². The molecular formula is C21H20FN3O3. The third-order valence-electron chi connectivity index (χ3n) is 4.20. The molecule has 0 bridgehead atoms. The van der Waals surface area contributed by atoms with Gasteiger partial charge in [-0.05, 0) is 47.9 Å². The third-order valence-corrected chi connectivity index (χ3v) is 4.20. The molecule has 6 nitrogen and oxygen atoms in total. The van der Waals surface area contributed by atoms with Crippen molar-refractivity contribution in [1.29, 1.82) is 0 Å². The molecule has 0 saturated heterocycles. The number of carbonyl (C=O) groups excluding carboxylic acids is 1. The molecule has 1 amide bonds. The van der Waals surface area contributed by atoms with Crippen LogP contribution in [0.5, 0.6) is 5.75 Å². The van der Waals surface area contributed by atoms with Crippen LogP contribution in [0.1, 0.15) is 21.6 Å². The number of nitrogens with one attached hydrogen (secondary N) is 1. The number of halogens is 1. The molecule has 1 N–H and O–H groups in total. The quantitative estimate of drug-likeness (QED) is 0.682. The molecule has 144 valence electrons. The SMILES string of the molecule is COc1ccc(CCNC(=O)c2ccc(=O)n(Cc3ccc(F)cc3)n2)cc1. The van der Waals surface area contributed by atoms with Gasteiger partial charge in [-0.3, -0.25) is 9.59 Å². The van der Waals surface area contributed by atoms with E-state index in [-0.39, 0.29) is 29.5 Å². The Kier molecular flexibility index (Phi) is 6.16. The molecule has 7 heteroatoms. The van der Waals surface area contributed by atoms with Crippen molar-refractivity contribution in [2.45, 2.75) is 13.0 Å². The number of amides is 1. The Balaban J connectivity index is 1.61. The summed E-state index contributed by atoms with van der Waals surface area (Å²) < 4.78 is 19.3. The van der Waals surface area contributed by atoms with E-state index in [1.807, 2.05) is 24.3 Å². The average molecular weight is 381 g/mol. The first-order valence-electron chi connectivity index (χ1n) is 8.79. The summed E-state index contributed by atoms with van der Waals surface area (Å²) in [6.45, 7) is 0.593. The van der Waals surface area contributed by atoms with Gasteiger partial charge in [0.25, 0.3) is 11.5 Å². The van der Waals surface area contributed by atoms with E-state index in [0.717, 1.165) is 11.3 Å². The molecule has 3 rings (SSSR count). The lowest BCUT2D eigenvalue weighted by Gasteiger charge is -2.08. The first-order valence-corrected chi connectivity index (χ1v) is 8.79. The number of nitrogens with zero attached hydrogens (tertiary/aromatic N) is 2. The lowest BCUT2D eigenvalue weighted by Crippen LogP contribution is -2.31. The van der Waals surface area contributed by atoms with E-state index in [4.69, 9.17) is 4.74 Å². The topological polar surface area (TPSA) is 73.2 Å². The molecule has 0 fully saturated rings. The number of ether oxygens (including phenoxy) is 1. The van der Waals surface area contributed by atoms with Crippen molar-refractivity contribution in [2.75, 3.05) is 13.7 Å². The summed E-state index contributed by atoms with van der Waals surface area (Å²) in [4.78, 5) is 24.3.